The standard InChI is InChI=1S/C23H17Cl2NO4/c24-15-5-3-12(4-6-15)18(27)11-30-19-8-7-16(25)10-17(19)26-22(28)20-13-1-2-14(9-13)21(20)23(26)29/h1-8,10,13-14,20-21H,9,11H2/t13-,14+,20-,21-/m0/s1. The summed E-state index contributed by atoms with van der Waals surface area (Å²) in [6.07, 6.45) is 4.94. The van der Waals surface area contributed by atoms with Crippen LogP contribution in [0.5, 0.6) is 5.75 Å². The number of ether oxygens (including phenoxy) is 1. The minimum absolute atomic E-state index is 0.108. The first-order valence-corrected chi connectivity index (χ1v) is 10.5. The number of hydrogen-bond donors (Lipinski definition) is 0. The van der Waals surface area contributed by atoms with E-state index >= 15 is 0 Å². The maximum Gasteiger partial charge on any atom is 0.238 e. The number of fused-ring (bicyclic) bond motifs is 5. The van der Waals surface area contributed by atoms with Crippen LogP contribution in [-0.4, -0.2) is 24.2 Å². The predicted molar refractivity (Wildman–Crippen MR) is 113 cm³/mol. The second-order valence-corrected chi connectivity index (χ2v) is 8.72. The van der Waals surface area contributed by atoms with Gasteiger partial charge in [-0.05, 0) is 60.7 Å². The molecule has 2 aromatic carbocycles. The average Bonchev–Trinajstić information content (AvgIpc) is 3.41. The van der Waals surface area contributed by atoms with Crippen LogP contribution in [0.3, 0.4) is 0 Å². The molecule has 5 nitrogen and oxygen atoms in total. The summed E-state index contributed by atoms with van der Waals surface area (Å²) in [6, 6.07) is 11.2. The monoisotopic (exact) mass is 441 g/mol. The van der Waals surface area contributed by atoms with Crippen molar-refractivity contribution in [2.24, 2.45) is 23.7 Å². The number of anilines is 1. The van der Waals surface area contributed by atoms with E-state index in [0.717, 1.165) is 6.42 Å². The van der Waals surface area contributed by atoms with Crippen molar-refractivity contribution in [3.63, 3.8) is 0 Å². The molecule has 1 aliphatic heterocycles. The largest absolute Gasteiger partial charge is 0.483 e. The van der Waals surface area contributed by atoms with Crippen molar-refractivity contribution in [3.8, 4) is 5.75 Å². The van der Waals surface area contributed by atoms with Crippen molar-refractivity contribution in [3.05, 3.63) is 70.2 Å². The lowest BCUT2D eigenvalue weighted by Gasteiger charge is -2.21. The molecule has 2 fully saturated rings. The summed E-state index contributed by atoms with van der Waals surface area (Å²) in [5.74, 6) is -0.858. The van der Waals surface area contributed by atoms with E-state index in [9.17, 15) is 14.4 Å². The number of amides is 2. The van der Waals surface area contributed by atoms with Gasteiger partial charge in [-0.1, -0.05) is 35.4 Å². The highest BCUT2D eigenvalue weighted by Gasteiger charge is 2.59. The summed E-state index contributed by atoms with van der Waals surface area (Å²) in [5.41, 5.74) is 0.746. The van der Waals surface area contributed by atoms with Gasteiger partial charge in [0.2, 0.25) is 11.8 Å². The van der Waals surface area contributed by atoms with Crippen LogP contribution in [0.4, 0.5) is 5.69 Å². The SMILES string of the molecule is O=C(COc1ccc(Cl)cc1N1C(=O)[C@@H]2[C@@H](C1=O)[C@H]1C=C[C@@H]2C1)c1ccc(Cl)cc1. The minimum Gasteiger partial charge on any atom is -0.483 e. The molecule has 1 heterocycles. The van der Waals surface area contributed by atoms with E-state index < -0.39 is 0 Å². The molecule has 4 atom stereocenters. The van der Waals surface area contributed by atoms with Crippen LogP contribution >= 0.6 is 23.2 Å². The van der Waals surface area contributed by atoms with Crippen molar-refractivity contribution >= 4 is 46.5 Å². The third-order valence-electron chi connectivity index (χ3n) is 6.16. The number of imide groups is 1. The third kappa shape index (κ3) is 3.04. The number of benzene rings is 2. The maximum absolute atomic E-state index is 13.1. The average molecular weight is 442 g/mol. The number of halogens is 2. The van der Waals surface area contributed by atoms with Gasteiger partial charge in [0.1, 0.15) is 5.75 Å². The highest BCUT2D eigenvalue weighted by molar-refractivity contribution is 6.32. The minimum atomic E-state index is -0.324. The Morgan fingerprint density at radius 1 is 0.933 bits per heavy atom. The molecule has 2 amide bonds. The van der Waals surface area contributed by atoms with Gasteiger partial charge in [-0.2, -0.15) is 0 Å². The van der Waals surface area contributed by atoms with Crippen LogP contribution in [0.2, 0.25) is 10.0 Å². The molecule has 0 N–H and O–H groups in total. The first-order chi connectivity index (χ1) is 14.4. The molecule has 0 radical (unpaired) electrons. The van der Waals surface area contributed by atoms with E-state index in [0.29, 0.717) is 15.6 Å². The van der Waals surface area contributed by atoms with Gasteiger partial charge < -0.3 is 4.74 Å². The number of nitrogens with zero attached hydrogens (tertiary/aromatic N) is 1. The topological polar surface area (TPSA) is 63.7 Å². The van der Waals surface area contributed by atoms with Crippen LogP contribution in [0.15, 0.2) is 54.6 Å². The lowest BCUT2D eigenvalue weighted by atomic mass is 9.85. The van der Waals surface area contributed by atoms with E-state index in [4.69, 9.17) is 27.9 Å². The zero-order valence-electron chi connectivity index (χ0n) is 15.8. The Bertz CT molecular complexity index is 1060. The molecule has 3 aliphatic rings. The number of rotatable bonds is 5. The summed E-state index contributed by atoms with van der Waals surface area (Å²) < 4.78 is 5.74. The molecule has 2 bridgehead atoms. The molecule has 1 saturated heterocycles. The molecule has 2 aromatic rings. The zero-order chi connectivity index (χ0) is 21.0. The Balaban J connectivity index is 1.41. The van der Waals surface area contributed by atoms with Crippen LogP contribution in [0.25, 0.3) is 0 Å². The second-order valence-electron chi connectivity index (χ2n) is 7.84. The van der Waals surface area contributed by atoms with Gasteiger partial charge in [0.05, 0.1) is 17.5 Å². The Hall–Kier alpha value is -2.63. The van der Waals surface area contributed by atoms with Crippen LogP contribution in [-0.2, 0) is 9.59 Å². The fraction of sp³-hybridized carbons (Fsp3) is 0.261. The number of carbonyl (C=O) groups is 3. The fourth-order valence-electron chi connectivity index (χ4n) is 4.79. The van der Waals surface area contributed by atoms with E-state index in [1.165, 1.54) is 11.0 Å². The van der Waals surface area contributed by atoms with Gasteiger partial charge in [0, 0.05) is 15.6 Å². The first-order valence-electron chi connectivity index (χ1n) is 9.71. The number of hydrogen-bond acceptors (Lipinski definition) is 4. The molecule has 30 heavy (non-hydrogen) atoms. The molecular formula is C23H17Cl2NO4. The highest BCUT2D eigenvalue weighted by atomic mass is 35.5. The zero-order valence-corrected chi connectivity index (χ0v) is 17.3. The summed E-state index contributed by atoms with van der Waals surface area (Å²) >= 11 is 12.0. The molecule has 0 unspecified atom stereocenters. The van der Waals surface area contributed by atoms with Gasteiger partial charge in [0.15, 0.2) is 12.4 Å². The summed E-state index contributed by atoms with van der Waals surface area (Å²) in [6.45, 7) is -0.244. The number of allylic oxidation sites excluding steroid dienone is 2. The third-order valence-corrected chi connectivity index (χ3v) is 6.64. The van der Waals surface area contributed by atoms with Gasteiger partial charge >= 0.3 is 0 Å². The lowest BCUT2D eigenvalue weighted by molar-refractivity contribution is -0.123. The van der Waals surface area contributed by atoms with Gasteiger partial charge in [-0.15, -0.1) is 0 Å². The van der Waals surface area contributed by atoms with Crippen molar-refractivity contribution in [2.45, 2.75) is 6.42 Å². The predicted octanol–water partition coefficient (Wildman–Crippen LogP) is 4.57. The van der Waals surface area contributed by atoms with Crippen molar-refractivity contribution in [1.82, 2.24) is 0 Å². The fourth-order valence-corrected chi connectivity index (χ4v) is 5.08. The van der Waals surface area contributed by atoms with Crippen molar-refractivity contribution in [1.29, 1.82) is 0 Å². The molecular weight excluding hydrogens is 425 g/mol. The molecule has 152 valence electrons. The molecule has 2 aliphatic carbocycles. The highest BCUT2D eigenvalue weighted by Crippen LogP contribution is 2.54. The molecule has 5 rings (SSSR count). The number of ketones is 1. The lowest BCUT2D eigenvalue weighted by Crippen LogP contribution is -2.33. The maximum atomic E-state index is 13.1. The number of carbonyl (C=O) groups excluding carboxylic acids is 3. The second kappa shape index (κ2) is 7.25. The first kappa shape index (κ1) is 19.3. The normalized spacial score (nSPS) is 26.4. The quantitative estimate of drug-likeness (QED) is 0.387. The van der Waals surface area contributed by atoms with E-state index in [-0.39, 0.29) is 59.3 Å². The van der Waals surface area contributed by atoms with E-state index in [1.54, 1.807) is 36.4 Å². The van der Waals surface area contributed by atoms with Crippen LogP contribution in [0.1, 0.15) is 16.8 Å². The molecule has 0 aromatic heterocycles. The Morgan fingerprint density at radius 3 is 2.17 bits per heavy atom. The van der Waals surface area contributed by atoms with Crippen LogP contribution < -0.4 is 9.64 Å². The van der Waals surface area contributed by atoms with Crippen molar-refractivity contribution < 1.29 is 19.1 Å². The van der Waals surface area contributed by atoms with E-state index in [2.05, 4.69) is 0 Å². The van der Waals surface area contributed by atoms with Gasteiger partial charge in [0.25, 0.3) is 0 Å². The smallest absolute Gasteiger partial charge is 0.238 e. The molecule has 7 heteroatoms. The Kier molecular flexibility index (Phi) is 4.68. The van der Waals surface area contributed by atoms with Gasteiger partial charge in [-0.25, -0.2) is 4.90 Å². The van der Waals surface area contributed by atoms with E-state index in [1.807, 2.05) is 12.2 Å². The van der Waals surface area contributed by atoms with Gasteiger partial charge in [-0.3, -0.25) is 14.4 Å². The molecule has 1 saturated carbocycles. The Labute approximate surface area is 183 Å². The number of Topliss-reactive ketones (excluding diaryl/α,β-unsaturated/α-hetero) is 1. The van der Waals surface area contributed by atoms with Crippen molar-refractivity contribution in [2.75, 3.05) is 11.5 Å². The summed E-state index contributed by atoms with van der Waals surface area (Å²) in [7, 11) is 0. The summed E-state index contributed by atoms with van der Waals surface area (Å²) in [4.78, 5) is 39.9. The molecule has 0 spiro atoms. The summed E-state index contributed by atoms with van der Waals surface area (Å²) in [5, 5.41) is 0.910. The van der Waals surface area contributed by atoms with Crippen LogP contribution in [0, 0.1) is 23.7 Å². The Morgan fingerprint density at radius 2 is 1.53 bits per heavy atom.